The predicted molar refractivity (Wildman–Crippen MR) is 84.6 cm³/mol. The highest BCUT2D eigenvalue weighted by Crippen LogP contribution is 2.66. The zero-order valence-corrected chi connectivity index (χ0v) is 13.1. The van der Waals surface area contributed by atoms with Crippen molar-refractivity contribution in [1.82, 2.24) is 0 Å². The first-order chi connectivity index (χ1) is 9.93. The van der Waals surface area contributed by atoms with Crippen molar-refractivity contribution in [3.63, 3.8) is 0 Å². The lowest BCUT2D eigenvalue weighted by Crippen LogP contribution is -2.38. The van der Waals surface area contributed by atoms with Crippen LogP contribution in [0.25, 0.3) is 6.08 Å². The molecule has 1 aromatic rings. The van der Waals surface area contributed by atoms with E-state index in [-0.39, 0.29) is 22.9 Å². The Kier molecular flexibility index (Phi) is 3.43. The molecular weight excluding hydrogens is 260 g/mol. The Morgan fingerprint density at radius 2 is 1.95 bits per heavy atom. The molecule has 112 valence electrons. The molecule has 21 heavy (non-hydrogen) atoms. The van der Waals surface area contributed by atoms with E-state index in [4.69, 9.17) is 4.74 Å². The summed E-state index contributed by atoms with van der Waals surface area (Å²) in [5.41, 5.74) is 1.43. The minimum atomic E-state index is -0.214. The fraction of sp³-hybridized carbons (Fsp3) is 0.526. The van der Waals surface area contributed by atoms with Crippen molar-refractivity contribution < 1.29 is 9.53 Å². The van der Waals surface area contributed by atoms with Crippen LogP contribution >= 0.6 is 0 Å². The molecule has 2 bridgehead atoms. The van der Waals surface area contributed by atoms with E-state index in [0.29, 0.717) is 5.92 Å². The number of carbonyl (C=O) groups is 1. The minimum Gasteiger partial charge on any atom is -0.459 e. The van der Waals surface area contributed by atoms with E-state index >= 15 is 0 Å². The number of ether oxygens (including phenoxy) is 1. The van der Waals surface area contributed by atoms with Gasteiger partial charge in [-0.3, -0.25) is 0 Å². The lowest BCUT2D eigenvalue weighted by atomic mass is 9.70. The fourth-order valence-electron chi connectivity index (χ4n) is 4.22. The number of esters is 1. The van der Waals surface area contributed by atoms with Gasteiger partial charge in [0.25, 0.3) is 0 Å². The second kappa shape index (κ2) is 5.01. The zero-order valence-electron chi connectivity index (χ0n) is 13.1. The smallest absolute Gasteiger partial charge is 0.331 e. The molecule has 2 saturated carbocycles. The highest BCUT2D eigenvalue weighted by molar-refractivity contribution is 5.87. The average molecular weight is 284 g/mol. The molecule has 0 aliphatic heterocycles. The fourth-order valence-corrected chi connectivity index (χ4v) is 4.22. The van der Waals surface area contributed by atoms with Crippen LogP contribution in [0.15, 0.2) is 36.4 Å². The molecule has 2 aliphatic rings. The van der Waals surface area contributed by atoms with Gasteiger partial charge < -0.3 is 4.74 Å². The molecule has 2 nitrogen and oxygen atoms in total. The minimum absolute atomic E-state index is 0.0687. The Balaban J connectivity index is 1.66. The maximum Gasteiger partial charge on any atom is 0.331 e. The molecule has 0 aromatic heterocycles. The Hall–Kier alpha value is -1.57. The van der Waals surface area contributed by atoms with Crippen LogP contribution in [0.1, 0.15) is 45.6 Å². The van der Waals surface area contributed by atoms with Crippen molar-refractivity contribution in [2.45, 2.75) is 46.1 Å². The van der Waals surface area contributed by atoms with Gasteiger partial charge in [-0.05, 0) is 42.2 Å². The highest BCUT2D eigenvalue weighted by Gasteiger charge is 2.62. The van der Waals surface area contributed by atoms with Gasteiger partial charge >= 0.3 is 5.97 Å². The Morgan fingerprint density at radius 3 is 2.52 bits per heavy atom. The number of hydrogen-bond acceptors (Lipinski definition) is 2. The third-order valence-corrected chi connectivity index (χ3v) is 6.18. The van der Waals surface area contributed by atoms with E-state index in [9.17, 15) is 4.79 Å². The van der Waals surface area contributed by atoms with Crippen molar-refractivity contribution in [2.24, 2.45) is 16.7 Å². The molecule has 3 atom stereocenters. The van der Waals surface area contributed by atoms with Crippen molar-refractivity contribution in [1.29, 1.82) is 0 Å². The first-order valence-corrected chi connectivity index (χ1v) is 7.87. The van der Waals surface area contributed by atoms with Gasteiger partial charge in [-0.15, -0.1) is 0 Å². The summed E-state index contributed by atoms with van der Waals surface area (Å²) in [4.78, 5) is 12.1. The van der Waals surface area contributed by atoms with Gasteiger partial charge in [0.05, 0.1) is 0 Å². The summed E-state index contributed by atoms with van der Waals surface area (Å²) in [7, 11) is 0. The summed E-state index contributed by atoms with van der Waals surface area (Å²) >= 11 is 0. The van der Waals surface area contributed by atoms with Gasteiger partial charge in [-0.2, -0.15) is 0 Å². The second-order valence-corrected chi connectivity index (χ2v) is 7.28. The van der Waals surface area contributed by atoms with E-state index in [1.807, 2.05) is 36.4 Å². The van der Waals surface area contributed by atoms with Crippen LogP contribution in [-0.2, 0) is 9.53 Å². The second-order valence-electron chi connectivity index (χ2n) is 7.28. The summed E-state index contributed by atoms with van der Waals surface area (Å²) < 4.78 is 5.78. The first kappa shape index (κ1) is 14.4. The molecule has 0 unspecified atom stereocenters. The van der Waals surface area contributed by atoms with Crippen LogP contribution in [0.5, 0.6) is 0 Å². The molecule has 0 spiro atoms. The normalized spacial score (nSPS) is 33.5. The van der Waals surface area contributed by atoms with Crippen LogP contribution in [0.2, 0.25) is 0 Å². The van der Waals surface area contributed by atoms with Crippen molar-refractivity contribution >= 4 is 12.0 Å². The van der Waals surface area contributed by atoms with Crippen molar-refractivity contribution in [3.8, 4) is 0 Å². The van der Waals surface area contributed by atoms with Crippen molar-refractivity contribution in [2.75, 3.05) is 0 Å². The third kappa shape index (κ3) is 2.31. The van der Waals surface area contributed by atoms with Gasteiger partial charge in [-0.1, -0.05) is 51.1 Å². The monoisotopic (exact) mass is 284 g/mol. The van der Waals surface area contributed by atoms with Crippen LogP contribution in [0.3, 0.4) is 0 Å². The standard InChI is InChI=1S/C19H24O2/c1-18(2)15-11-12-19(18,3)16(13-15)21-17(20)10-9-14-7-5-4-6-8-14/h4-10,15-16H,11-13H2,1-3H3/b10-9-/t15-,16+,19+/m0/s1. The SMILES string of the molecule is CC1(C)[C@H]2CC[C@]1(C)[C@H](OC(=O)/C=C\c1ccccc1)C2. The summed E-state index contributed by atoms with van der Waals surface area (Å²) in [6.45, 7) is 6.95. The number of carbonyl (C=O) groups excluding carboxylic acids is 1. The number of benzene rings is 1. The lowest BCUT2D eigenvalue weighted by Gasteiger charge is -2.38. The number of rotatable bonds is 3. The van der Waals surface area contributed by atoms with Gasteiger partial charge in [0.2, 0.25) is 0 Å². The molecule has 0 amide bonds. The molecular formula is C19H24O2. The maximum absolute atomic E-state index is 12.1. The molecule has 2 aliphatic carbocycles. The van der Waals surface area contributed by atoms with E-state index in [0.717, 1.165) is 12.0 Å². The largest absolute Gasteiger partial charge is 0.459 e. The zero-order chi connectivity index (χ0) is 15.1. The van der Waals surface area contributed by atoms with E-state index in [1.54, 1.807) is 6.08 Å². The lowest BCUT2D eigenvalue weighted by molar-refractivity contribution is -0.150. The highest BCUT2D eigenvalue weighted by atomic mass is 16.5. The third-order valence-electron chi connectivity index (χ3n) is 6.18. The molecule has 2 heteroatoms. The molecule has 0 radical (unpaired) electrons. The summed E-state index contributed by atoms with van der Waals surface area (Å²) in [6.07, 6.45) is 6.91. The summed E-state index contributed by atoms with van der Waals surface area (Å²) in [5, 5.41) is 0. The van der Waals surface area contributed by atoms with Crippen LogP contribution in [0, 0.1) is 16.7 Å². The van der Waals surface area contributed by atoms with E-state index in [1.165, 1.54) is 12.8 Å². The Bertz CT molecular complexity index is 558. The van der Waals surface area contributed by atoms with Gasteiger partial charge in [0.15, 0.2) is 0 Å². The van der Waals surface area contributed by atoms with Gasteiger partial charge in [-0.25, -0.2) is 4.79 Å². The van der Waals surface area contributed by atoms with Crippen molar-refractivity contribution in [3.05, 3.63) is 42.0 Å². The van der Waals surface area contributed by atoms with E-state index < -0.39 is 0 Å². The average Bonchev–Trinajstić information content (AvgIpc) is 2.79. The van der Waals surface area contributed by atoms with Crippen LogP contribution in [0.4, 0.5) is 0 Å². The Labute approximate surface area is 127 Å². The molecule has 0 saturated heterocycles. The maximum atomic E-state index is 12.1. The molecule has 2 fully saturated rings. The molecule has 1 aromatic carbocycles. The van der Waals surface area contributed by atoms with Gasteiger partial charge in [0, 0.05) is 11.5 Å². The van der Waals surface area contributed by atoms with Crippen LogP contribution in [-0.4, -0.2) is 12.1 Å². The van der Waals surface area contributed by atoms with Crippen LogP contribution < -0.4 is 0 Å². The van der Waals surface area contributed by atoms with Gasteiger partial charge in [0.1, 0.15) is 6.10 Å². The molecule has 0 heterocycles. The summed E-state index contributed by atoms with van der Waals surface area (Å²) in [6, 6.07) is 9.85. The molecule has 3 rings (SSSR count). The first-order valence-electron chi connectivity index (χ1n) is 7.87. The quantitative estimate of drug-likeness (QED) is 0.605. The Morgan fingerprint density at radius 1 is 1.24 bits per heavy atom. The predicted octanol–water partition coefficient (Wildman–Crippen LogP) is 4.46. The number of fused-ring (bicyclic) bond motifs is 2. The molecule has 0 N–H and O–H groups in total. The summed E-state index contributed by atoms with van der Waals surface area (Å²) in [5.74, 6) is 0.479. The number of hydrogen-bond donors (Lipinski definition) is 0. The van der Waals surface area contributed by atoms with E-state index in [2.05, 4.69) is 20.8 Å². The topological polar surface area (TPSA) is 26.3 Å².